The van der Waals surface area contributed by atoms with E-state index in [0.29, 0.717) is 11.8 Å². The zero-order valence-corrected chi connectivity index (χ0v) is 15.0. The number of benzene rings is 2. The van der Waals surface area contributed by atoms with Gasteiger partial charge in [0.1, 0.15) is 0 Å². The molecule has 2 aliphatic rings. The number of hydrogen-bond acceptors (Lipinski definition) is 2. The summed E-state index contributed by atoms with van der Waals surface area (Å²) in [6, 6.07) is 18.4. The molecule has 2 atom stereocenters. The van der Waals surface area contributed by atoms with Gasteiger partial charge in [0.25, 0.3) is 0 Å². The highest BCUT2D eigenvalue weighted by molar-refractivity contribution is 6.31. The molecule has 2 unspecified atom stereocenters. The van der Waals surface area contributed by atoms with Crippen molar-refractivity contribution in [1.29, 1.82) is 0 Å². The Morgan fingerprint density at radius 1 is 0.960 bits per heavy atom. The molecule has 2 aromatic carbocycles. The predicted octanol–water partition coefficient (Wildman–Crippen LogP) is 3.79. The van der Waals surface area contributed by atoms with Crippen LogP contribution in [-0.4, -0.2) is 41.9 Å². The summed E-state index contributed by atoms with van der Waals surface area (Å²) in [6.07, 6.45) is 1.00. The van der Waals surface area contributed by atoms with Crippen molar-refractivity contribution in [3.8, 4) is 0 Å². The van der Waals surface area contributed by atoms with Crippen molar-refractivity contribution in [1.82, 2.24) is 9.80 Å². The molecule has 25 heavy (non-hydrogen) atoms. The van der Waals surface area contributed by atoms with Gasteiger partial charge >= 0.3 is 0 Å². The van der Waals surface area contributed by atoms with Gasteiger partial charge in [-0.2, -0.15) is 0 Å². The minimum absolute atomic E-state index is 0.192. The summed E-state index contributed by atoms with van der Waals surface area (Å²) in [6.45, 7) is 4.33. The Kier molecular flexibility index (Phi) is 4.78. The Balaban J connectivity index is 1.29. The molecular formula is C21H23ClN2O. The van der Waals surface area contributed by atoms with Crippen molar-refractivity contribution in [3.05, 3.63) is 70.7 Å². The third kappa shape index (κ3) is 3.73. The van der Waals surface area contributed by atoms with Gasteiger partial charge in [-0.15, -0.1) is 0 Å². The molecule has 0 bridgehead atoms. The van der Waals surface area contributed by atoms with Gasteiger partial charge in [0.15, 0.2) is 0 Å². The van der Waals surface area contributed by atoms with E-state index in [-0.39, 0.29) is 5.92 Å². The molecule has 1 saturated carbocycles. The Hall–Kier alpha value is -1.84. The van der Waals surface area contributed by atoms with Gasteiger partial charge in [-0.1, -0.05) is 60.1 Å². The molecule has 2 aromatic rings. The standard InChI is InChI=1S/C21H23ClN2O/c22-20-9-5-4-8-17(20)15-23-10-12-24(13-11-23)21(25)19-14-18(19)16-6-2-1-3-7-16/h1-9,18-19H,10-15H2. The van der Waals surface area contributed by atoms with E-state index in [4.69, 9.17) is 11.6 Å². The second-order valence-corrected chi connectivity index (χ2v) is 7.46. The van der Waals surface area contributed by atoms with Crippen LogP contribution in [0.5, 0.6) is 0 Å². The molecule has 130 valence electrons. The van der Waals surface area contributed by atoms with Crippen LogP contribution >= 0.6 is 11.6 Å². The van der Waals surface area contributed by atoms with Crippen LogP contribution in [0.1, 0.15) is 23.5 Å². The minimum Gasteiger partial charge on any atom is -0.340 e. The first-order valence-corrected chi connectivity index (χ1v) is 9.39. The second kappa shape index (κ2) is 7.19. The smallest absolute Gasteiger partial charge is 0.226 e. The Morgan fingerprint density at radius 3 is 2.36 bits per heavy atom. The fourth-order valence-corrected chi connectivity index (χ4v) is 3.96. The summed E-state index contributed by atoms with van der Waals surface area (Å²) in [7, 11) is 0. The van der Waals surface area contributed by atoms with Crippen LogP contribution < -0.4 is 0 Å². The zero-order valence-electron chi connectivity index (χ0n) is 14.3. The van der Waals surface area contributed by atoms with Gasteiger partial charge in [-0.05, 0) is 29.5 Å². The summed E-state index contributed by atoms with van der Waals surface area (Å²) in [5.41, 5.74) is 2.47. The summed E-state index contributed by atoms with van der Waals surface area (Å²) < 4.78 is 0. The lowest BCUT2D eigenvalue weighted by atomic mass is 10.1. The van der Waals surface area contributed by atoms with Crippen molar-refractivity contribution in [3.63, 3.8) is 0 Å². The molecule has 1 aliphatic carbocycles. The third-order valence-corrected chi connectivity index (χ3v) is 5.74. The SMILES string of the molecule is O=C(C1CC1c1ccccc1)N1CCN(Cc2ccccc2Cl)CC1. The fourth-order valence-electron chi connectivity index (χ4n) is 3.76. The number of rotatable bonds is 4. The molecule has 0 spiro atoms. The molecule has 0 N–H and O–H groups in total. The topological polar surface area (TPSA) is 23.6 Å². The van der Waals surface area contributed by atoms with Crippen LogP contribution in [0, 0.1) is 5.92 Å². The van der Waals surface area contributed by atoms with Crippen molar-refractivity contribution in [2.75, 3.05) is 26.2 Å². The molecule has 4 heteroatoms. The summed E-state index contributed by atoms with van der Waals surface area (Å²) >= 11 is 6.26. The van der Waals surface area contributed by atoms with E-state index in [1.54, 1.807) is 0 Å². The third-order valence-electron chi connectivity index (χ3n) is 5.37. The van der Waals surface area contributed by atoms with Gasteiger partial charge in [-0.25, -0.2) is 0 Å². The predicted molar refractivity (Wildman–Crippen MR) is 101 cm³/mol. The van der Waals surface area contributed by atoms with Gasteiger partial charge in [0, 0.05) is 43.7 Å². The van der Waals surface area contributed by atoms with Gasteiger partial charge in [0.05, 0.1) is 0 Å². The van der Waals surface area contributed by atoms with E-state index < -0.39 is 0 Å². The lowest BCUT2D eigenvalue weighted by Gasteiger charge is -2.35. The van der Waals surface area contributed by atoms with E-state index in [9.17, 15) is 4.79 Å². The van der Waals surface area contributed by atoms with Gasteiger partial charge < -0.3 is 4.90 Å². The van der Waals surface area contributed by atoms with Crippen LogP contribution in [0.4, 0.5) is 0 Å². The Morgan fingerprint density at radius 2 is 1.64 bits per heavy atom. The maximum atomic E-state index is 12.7. The van der Waals surface area contributed by atoms with Gasteiger partial charge in [0.2, 0.25) is 5.91 Å². The normalized spacial score (nSPS) is 23.5. The molecule has 1 aliphatic heterocycles. The summed E-state index contributed by atoms with van der Waals surface area (Å²) in [4.78, 5) is 17.2. The number of halogens is 1. The average molecular weight is 355 g/mol. The molecule has 4 rings (SSSR count). The highest BCUT2D eigenvalue weighted by atomic mass is 35.5. The number of piperazine rings is 1. The summed E-state index contributed by atoms with van der Waals surface area (Å²) in [5.74, 6) is 0.957. The van der Waals surface area contributed by atoms with E-state index in [1.807, 2.05) is 24.3 Å². The molecule has 1 heterocycles. The second-order valence-electron chi connectivity index (χ2n) is 7.05. The zero-order chi connectivity index (χ0) is 17.2. The number of carbonyl (C=O) groups is 1. The lowest BCUT2D eigenvalue weighted by molar-refractivity contribution is -0.134. The van der Waals surface area contributed by atoms with E-state index in [1.165, 1.54) is 5.56 Å². The maximum Gasteiger partial charge on any atom is 0.226 e. The molecule has 1 amide bonds. The van der Waals surface area contributed by atoms with Crippen molar-refractivity contribution in [2.24, 2.45) is 5.92 Å². The largest absolute Gasteiger partial charge is 0.340 e. The lowest BCUT2D eigenvalue weighted by Crippen LogP contribution is -2.48. The van der Waals surface area contributed by atoms with Crippen molar-refractivity contribution < 1.29 is 4.79 Å². The number of carbonyl (C=O) groups excluding carboxylic acids is 1. The van der Waals surface area contributed by atoms with Crippen LogP contribution in [-0.2, 0) is 11.3 Å². The van der Waals surface area contributed by atoms with Crippen LogP contribution in [0.3, 0.4) is 0 Å². The first kappa shape index (κ1) is 16.6. The van der Waals surface area contributed by atoms with Crippen molar-refractivity contribution >= 4 is 17.5 Å². The number of amides is 1. The molecular weight excluding hydrogens is 332 g/mol. The molecule has 3 nitrogen and oxygen atoms in total. The first-order chi connectivity index (χ1) is 12.2. The average Bonchev–Trinajstić information content (AvgIpc) is 3.45. The highest BCUT2D eigenvalue weighted by Crippen LogP contribution is 2.48. The Bertz CT molecular complexity index is 741. The van der Waals surface area contributed by atoms with Crippen LogP contribution in [0.2, 0.25) is 5.02 Å². The quantitative estimate of drug-likeness (QED) is 0.834. The fraction of sp³-hybridized carbons (Fsp3) is 0.381. The first-order valence-electron chi connectivity index (χ1n) is 9.02. The van der Waals surface area contributed by atoms with E-state index >= 15 is 0 Å². The minimum atomic E-state index is 0.192. The van der Waals surface area contributed by atoms with E-state index in [0.717, 1.165) is 49.7 Å². The summed E-state index contributed by atoms with van der Waals surface area (Å²) in [5, 5.41) is 0.824. The van der Waals surface area contributed by atoms with E-state index in [2.05, 4.69) is 40.1 Å². The van der Waals surface area contributed by atoms with Crippen molar-refractivity contribution in [2.45, 2.75) is 18.9 Å². The number of hydrogen-bond donors (Lipinski definition) is 0. The Labute approximate surface area is 154 Å². The van der Waals surface area contributed by atoms with Crippen LogP contribution in [0.15, 0.2) is 54.6 Å². The maximum absolute atomic E-state index is 12.7. The molecule has 1 saturated heterocycles. The monoisotopic (exact) mass is 354 g/mol. The van der Waals surface area contributed by atoms with Crippen LogP contribution in [0.25, 0.3) is 0 Å². The highest BCUT2D eigenvalue weighted by Gasteiger charge is 2.45. The molecule has 0 radical (unpaired) electrons. The van der Waals surface area contributed by atoms with Gasteiger partial charge in [-0.3, -0.25) is 9.69 Å². The number of nitrogens with zero attached hydrogens (tertiary/aromatic N) is 2. The molecule has 0 aromatic heterocycles. The molecule has 2 fully saturated rings.